The fraction of sp³-hybridized carbons (Fsp3) is 0.200. The number of pyridine rings is 1. The van der Waals surface area contributed by atoms with Crippen LogP contribution >= 0.6 is 0 Å². The van der Waals surface area contributed by atoms with E-state index in [0.717, 1.165) is 0 Å². The van der Waals surface area contributed by atoms with E-state index in [2.05, 4.69) is 0 Å². The third-order valence-electron chi connectivity index (χ3n) is 3.06. The maximum absolute atomic E-state index is 13.9. The Balaban J connectivity index is 2.86. The van der Waals surface area contributed by atoms with Crippen LogP contribution in [-0.4, -0.2) is 4.57 Å². The monoisotopic (exact) mass is 256 g/mol. The molecule has 0 aliphatic carbocycles. The van der Waals surface area contributed by atoms with Gasteiger partial charge in [0.15, 0.2) is 0 Å². The van der Waals surface area contributed by atoms with Gasteiger partial charge in [-0.15, -0.1) is 0 Å². The first-order valence-electron chi connectivity index (χ1n) is 5.99. The van der Waals surface area contributed by atoms with Gasteiger partial charge in [0.2, 0.25) is 0 Å². The second-order valence-electron chi connectivity index (χ2n) is 4.24. The number of nitrogens with zero attached hydrogens (tertiary/aromatic N) is 2. The number of aromatic nitrogens is 1. The highest BCUT2D eigenvalue weighted by molar-refractivity contribution is 5.73. The largest absolute Gasteiger partial charge is 0.314 e. The molecule has 0 aliphatic rings. The Morgan fingerprint density at radius 3 is 2.63 bits per heavy atom. The molecule has 0 unspecified atom stereocenters. The summed E-state index contributed by atoms with van der Waals surface area (Å²) in [7, 11) is 0. The molecular formula is C15H13FN2O. The summed E-state index contributed by atoms with van der Waals surface area (Å²) < 4.78 is 15.3. The van der Waals surface area contributed by atoms with Crippen LogP contribution in [0.5, 0.6) is 0 Å². The predicted molar refractivity (Wildman–Crippen MR) is 71.2 cm³/mol. The fourth-order valence-electron chi connectivity index (χ4n) is 2.15. The van der Waals surface area contributed by atoms with Crippen molar-refractivity contribution in [3.05, 3.63) is 57.8 Å². The average Bonchev–Trinajstić information content (AvgIpc) is 2.41. The van der Waals surface area contributed by atoms with E-state index in [1.165, 1.54) is 10.6 Å². The van der Waals surface area contributed by atoms with Crippen molar-refractivity contribution in [2.24, 2.45) is 0 Å². The lowest BCUT2D eigenvalue weighted by Gasteiger charge is -2.12. The van der Waals surface area contributed by atoms with E-state index in [9.17, 15) is 14.4 Å². The zero-order valence-corrected chi connectivity index (χ0v) is 10.8. The maximum Gasteiger partial charge on any atom is 0.269 e. The molecule has 19 heavy (non-hydrogen) atoms. The van der Waals surface area contributed by atoms with Gasteiger partial charge in [-0.1, -0.05) is 18.2 Å². The van der Waals surface area contributed by atoms with Gasteiger partial charge in [-0.05, 0) is 25.5 Å². The van der Waals surface area contributed by atoms with Crippen LogP contribution in [0.25, 0.3) is 11.1 Å². The highest BCUT2D eigenvalue weighted by Gasteiger charge is 2.16. The van der Waals surface area contributed by atoms with Gasteiger partial charge in [0.1, 0.15) is 17.4 Å². The molecule has 0 atom stereocenters. The van der Waals surface area contributed by atoms with Crippen molar-refractivity contribution in [3.8, 4) is 17.2 Å². The van der Waals surface area contributed by atoms with Crippen molar-refractivity contribution in [3.63, 3.8) is 0 Å². The topological polar surface area (TPSA) is 45.8 Å². The van der Waals surface area contributed by atoms with E-state index in [0.29, 0.717) is 17.7 Å². The third-order valence-corrected chi connectivity index (χ3v) is 3.06. The molecule has 4 heteroatoms. The van der Waals surface area contributed by atoms with Crippen LogP contribution < -0.4 is 5.56 Å². The number of hydrogen-bond acceptors (Lipinski definition) is 2. The Labute approximate surface area is 110 Å². The summed E-state index contributed by atoms with van der Waals surface area (Å²) in [5, 5.41) is 9.21. The molecule has 1 aromatic carbocycles. The minimum Gasteiger partial charge on any atom is -0.314 e. The molecule has 2 rings (SSSR count). The summed E-state index contributed by atoms with van der Waals surface area (Å²) >= 11 is 0. The Morgan fingerprint density at radius 2 is 2.05 bits per heavy atom. The number of halogens is 1. The average molecular weight is 256 g/mol. The van der Waals surface area contributed by atoms with Crippen molar-refractivity contribution in [1.29, 1.82) is 5.26 Å². The molecule has 1 aromatic heterocycles. The van der Waals surface area contributed by atoms with Crippen LogP contribution in [0.2, 0.25) is 0 Å². The van der Waals surface area contributed by atoms with Gasteiger partial charge in [-0.25, -0.2) is 4.39 Å². The molecule has 0 spiro atoms. The summed E-state index contributed by atoms with van der Waals surface area (Å²) in [4.78, 5) is 12.1. The number of benzene rings is 1. The summed E-state index contributed by atoms with van der Waals surface area (Å²) in [5.41, 5.74) is 0.996. The predicted octanol–water partition coefficient (Wildman–Crippen LogP) is 2.85. The van der Waals surface area contributed by atoms with Crippen LogP contribution in [0.15, 0.2) is 35.3 Å². The van der Waals surface area contributed by atoms with E-state index in [1.54, 1.807) is 31.3 Å². The highest BCUT2D eigenvalue weighted by atomic mass is 19.1. The molecule has 0 bridgehead atoms. The van der Waals surface area contributed by atoms with Gasteiger partial charge in [0, 0.05) is 23.9 Å². The lowest BCUT2D eigenvalue weighted by atomic mass is 9.97. The van der Waals surface area contributed by atoms with E-state index >= 15 is 0 Å². The van der Waals surface area contributed by atoms with Gasteiger partial charge < -0.3 is 4.57 Å². The molecule has 0 aliphatic heterocycles. The van der Waals surface area contributed by atoms with Crippen molar-refractivity contribution < 1.29 is 4.39 Å². The first-order chi connectivity index (χ1) is 9.10. The molecule has 0 N–H and O–H groups in total. The second-order valence-corrected chi connectivity index (χ2v) is 4.24. The van der Waals surface area contributed by atoms with Gasteiger partial charge in [0.05, 0.1) is 0 Å². The molecule has 1 heterocycles. The van der Waals surface area contributed by atoms with Crippen molar-refractivity contribution >= 4 is 0 Å². The van der Waals surface area contributed by atoms with E-state index in [4.69, 9.17) is 0 Å². The van der Waals surface area contributed by atoms with E-state index in [1.807, 2.05) is 13.0 Å². The Kier molecular flexibility index (Phi) is 3.48. The molecule has 3 nitrogen and oxygen atoms in total. The van der Waals surface area contributed by atoms with Crippen LogP contribution in [0.1, 0.15) is 18.1 Å². The normalized spacial score (nSPS) is 10.2. The quantitative estimate of drug-likeness (QED) is 0.829. The summed E-state index contributed by atoms with van der Waals surface area (Å²) in [6.45, 7) is 4.07. The number of aryl methyl sites for hydroxylation is 2. The zero-order chi connectivity index (χ0) is 14.0. The summed E-state index contributed by atoms with van der Waals surface area (Å²) in [6.07, 6.45) is 1.66. The van der Waals surface area contributed by atoms with Gasteiger partial charge in [-0.3, -0.25) is 4.79 Å². The third kappa shape index (κ3) is 2.15. The van der Waals surface area contributed by atoms with Crippen LogP contribution in [0.4, 0.5) is 4.39 Å². The van der Waals surface area contributed by atoms with Gasteiger partial charge >= 0.3 is 0 Å². The molecule has 96 valence electrons. The zero-order valence-electron chi connectivity index (χ0n) is 10.8. The van der Waals surface area contributed by atoms with Gasteiger partial charge in [0.25, 0.3) is 5.56 Å². The smallest absolute Gasteiger partial charge is 0.269 e. The van der Waals surface area contributed by atoms with Crippen LogP contribution in [0, 0.1) is 24.1 Å². The first-order valence-corrected chi connectivity index (χ1v) is 5.99. The lowest BCUT2D eigenvalue weighted by molar-refractivity contribution is 0.630. The van der Waals surface area contributed by atoms with Gasteiger partial charge in [-0.2, -0.15) is 5.26 Å². The Bertz CT molecular complexity index is 726. The highest BCUT2D eigenvalue weighted by Crippen LogP contribution is 2.27. The van der Waals surface area contributed by atoms with Crippen molar-refractivity contribution in [1.82, 2.24) is 4.57 Å². The van der Waals surface area contributed by atoms with Crippen LogP contribution in [-0.2, 0) is 6.54 Å². The number of nitriles is 1. The lowest BCUT2D eigenvalue weighted by Crippen LogP contribution is -2.23. The number of rotatable bonds is 2. The molecule has 0 saturated carbocycles. The maximum atomic E-state index is 13.9. The molecule has 0 amide bonds. The Hall–Kier alpha value is -2.41. The van der Waals surface area contributed by atoms with E-state index < -0.39 is 5.82 Å². The standard InChI is InChI=1S/C15H13FN2O/c1-3-18-9-10(2)14(12(8-17)15(18)19)11-6-4-5-7-13(11)16/h4-7,9H,3H2,1-2H3. The summed E-state index contributed by atoms with van der Waals surface area (Å²) in [6, 6.07) is 8.07. The fourth-order valence-corrected chi connectivity index (χ4v) is 2.15. The minimum absolute atomic E-state index is 0.00745. The van der Waals surface area contributed by atoms with Crippen molar-refractivity contribution in [2.75, 3.05) is 0 Å². The minimum atomic E-state index is -0.434. The van der Waals surface area contributed by atoms with Crippen molar-refractivity contribution in [2.45, 2.75) is 20.4 Å². The molecule has 2 aromatic rings. The second kappa shape index (κ2) is 5.07. The molecule has 0 radical (unpaired) electrons. The van der Waals surface area contributed by atoms with E-state index in [-0.39, 0.29) is 16.7 Å². The number of hydrogen-bond donors (Lipinski definition) is 0. The van der Waals surface area contributed by atoms with Crippen LogP contribution in [0.3, 0.4) is 0 Å². The molecule has 0 saturated heterocycles. The molecular weight excluding hydrogens is 243 g/mol. The SMILES string of the molecule is CCn1cc(C)c(-c2ccccc2F)c(C#N)c1=O. The summed E-state index contributed by atoms with van der Waals surface area (Å²) in [5.74, 6) is -0.434. The molecule has 0 fully saturated rings. The Morgan fingerprint density at radius 1 is 1.37 bits per heavy atom. The first kappa shape index (κ1) is 13.0.